The van der Waals surface area contributed by atoms with Gasteiger partial charge in [-0.15, -0.1) is 0 Å². The highest BCUT2D eigenvalue weighted by atomic mass is 15.1. The van der Waals surface area contributed by atoms with Crippen LogP contribution in [0.15, 0.2) is 60.8 Å². The molecule has 0 aromatic heterocycles. The average molecular weight is 290 g/mol. The van der Waals surface area contributed by atoms with Crippen molar-refractivity contribution in [2.75, 3.05) is 12.8 Å². The van der Waals surface area contributed by atoms with Gasteiger partial charge in [-0.05, 0) is 60.5 Å². The summed E-state index contributed by atoms with van der Waals surface area (Å²) in [6.45, 7) is 4.20. The van der Waals surface area contributed by atoms with Crippen molar-refractivity contribution < 1.29 is 0 Å². The number of nitrogens with zero attached hydrogens (tertiary/aromatic N) is 1. The summed E-state index contributed by atoms with van der Waals surface area (Å²) >= 11 is 0. The van der Waals surface area contributed by atoms with E-state index < -0.39 is 0 Å². The van der Waals surface area contributed by atoms with E-state index >= 15 is 0 Å². The fourth-order valence-corrected chi connectivity index (χ4v) is 3.04. The molecule has 0 spiro atoms. The largest absolute Gasteiger partial charge is 0.399 e. The molecule has 2 heteroatoms. The van der Waals surface area contributed by atoms with E-state index in [4.69, 9.17) is 5.73 Å². The van der Waals surface area contributed by atoms with Crippen molar-refractivity contribution in [3.05, 3.63) is 83.1 Å². The molecule has 0 bridgehead atoms. The summed E-state index contributed by atoms with van der Waals surface area (Å²) in [7, 11) is 2.13. The number of benzene rings is 2. The zero-order valence-electron chi connectivity index (χ0n) is 13.4. The van der Waals surface area contributed by atoms with Gasteiger partial charge < -0.3 is 10.6 Å². The Balaban J connectivity index is 2.08. The molecule has 0 saturated carbocycles. The van der Waals surface area contributed by atoms with Crippen LogP contribution in [-0.4, -0.2) is 11.9 Å². The molecule has 0 fully saturated rings. The summed E-state index contributed by atoms with van der Waals surface area (Å²) in [6, 6.07) is 15.2. The highest BCUT2D eigenvalue weighted by Gasteiger charge is 2.23. The number of rotatable bonds is 2. The lowest BCUT2D eigenvalue weighted by molar-refractivity contribution is 0.400. The van der Waals surface area contributed by atoms with E-state index in [1.807, 2.05) is 6.07 Å². The van der Waals surface area contributed by atoms with Crippen molar-refractivity contribution in [3.8, 4) is 0 Å². The molecule has 2 N–H and O–H groups in total. The highest BCUT2D eigenvalue weighted by Crippen LogP contribution is 2.37. The lowest BCUT2D eigenvalue weighted by Crippen LogP contribution is -2.22. The predicted octanol–water partition coefficient (Wildman–Crippen LogP) is 4.47. The van der Waals surface area contributed by atoms with Gasteiger partial charge in [-0.1, -0.05) is 42.0 Å². The van der Waals surface area contributed by atoms with Gasteiger partial charge in [-0.3, -0.25) is 0 Å². The molecular formula is C20H22N2. The Morgan fingerprint density at radius 2 is 1.86 bits per heavy atom. The van der Waals surface area contributed by atoms with E-state index in [1.165, 1.54) is 22.3 Å². The monoisotopic (exact) mass is 290 g/mol. The molecule has 0 aliphatic carbocycles. The second kappa shape index (κ2) is 5.72. The summed E-state index contributed by atoms with van der Waals surface area (Å²) in [4.78, 5) is 2.26. The number of hydrogen-bond donors (Lipinski definition) is 1. The molecule has 2 aromatic carbocycles. The van der Waals surface area contributed by atoms with Crippen molar-refractivity contribution in [3.63, 3.8) is 0 Å². The van der Waals surface area contributed by atoms with Gasteiger partial charge in [0.1, 0.15) is 0 Å². The normalized spacial score (nSPS) is 17.5. The lowest BCUT2D eigenvalue weighted by atomic mass is 9.89. The average Bonchev–Trinajstić information content (AvgIpc) is 2.50. The van der Waals surface area contributed by atoms with Crippen LogP contribution in [0.4, 0.5) is 5.69 Å². The van der Waals surface area contributed by atoms with Crippen LogP contribution in [0.5, 0.6) is 0 Å². The molecule has 0 saturated heterocycles. The minimum Gasteiger partial charge on any atom is -0.399 e. The Morgan fingerprint density at radius 1 is 1.05 bits per heavy atom. The molecule has 1 unspecified atom stereocenters. The topological polar surface area (TPSA) is 29.3 Å². The number of nitrogen functional groups attached to an aromatic ring is 1. The molecule has 0 radical (unpaired) electrons. The summed E-state index contributed by atoms with van der Waals surface area (Å²) < 4.78 is 0. The van der Waals surface area contributed by atoms with Gasteiger partial charge in [-0.2, -0.15) is 0 Å². The van der Waals surface area contributed by atoms with Crippen LogP contribution in [0.3, 0.4) is 0 Å². The van der Waals surface area contributed by atoms with Crippen molar-refractivity contribution in [1.29, 1.82) is 0 Å². The van der Waals surface area contributed by atoms with Gasteiger partial charge in [0.15, 0.2) is 0 Å². The van der Waals surface area contributed by atoms with E-state index in [-0.39, 0.29) is 6.04 Å². The summed E-state index contributed by atoms with van der Waals surface area (Å²) in [5.41, 5.74) is 13.1. The molecule has 1 atom stereocenters. The van der Waals surface area contributed by atoms with Gasteiger partial charge in [0.25, 0.3) is 0 Å². The molecule has 1 aliphatic heterocycles. The van der Waals surface area contributed by atoms with Crippen LogP contribution < -0.4 is 5.73 Å². The molecular weight excluding hydrogens is 268 g/mol. The maximum Gasteiger partial charge on any atom is 0.0793 e. The van der Waals surface area contributed by atoms with Crippen LogP contribution >= 0.6 is 0 Å². The fourth-order valence-electron chi connectivity index (χ4n) is 3.04. The van der Waals surface area contributed by atoms with Crippen molar-refractivity contribution >= 4 is 11.3 Å². The standard InChI is InChI=1S/C20H22N2/c1-14-6-4-7-17(12-14)20-18(8-5-11-22(20)3)16-9-10-19(21)15(2)13-16/h4-13,20H,21H2,1-3H3. The first-order valence-electron chi connectivity index (χ1n) is 7.59. The van der Waals surface area contributed by atoms with E-state index in [0.717, 1.165) is 11.3 Å². The lowest BCUT2D eigenvalue weighted by Gasteiger charge is -2.32. The van der Waals surface area contributed by atoms with Crippen LogP contribution in [-0.2, 0) is 0 Å². The van der Waals surface area contributed by atoms with Crippen LogP contribution in [0.2, 0.25) is 0 Å². The molecule has 112 valence electrons. The van der Waals surface area contributed by atoms with Gasteiger partial charge in [0, 0.05) is 12.7 Å². The summed E-state index contributed by atoms with van der Waals surface area (Å²) in [5.74, 6) is 0. The maximum absolute atomic E-state index is 5.97. The minimum atomic E-state index is 0.230. The zero-order valence-corrected chi connectivity index (χ0v) is 13.4. The first-order valence-corrected chi connectivity index (χ1v) is 7.59. The molecule has 2 aromatic rings. The van der Waals surface area contributed by atoms with Gasteiger partial charge >= 0.3 is 0 Å². The maximum atomic E-state index is 5.97. The second-order valence-corrected chi connectivity index (χ2v) is 6.02. The minimum absolute atomic E-state index is 0.230. The first-order chi connectivity index (χ1) is 10.6. The van der Waals surface area contributed by atoms with E-state index in [9.17, 15) is 0 Å². The Hall–Kier alpha value is -2.48. The SMILES string of the molecule is Cc1cccc(C2C(c3ccc(N)c(C)c3)=CC=CN2C)c1. The molecule has 2 nitrogen and oxygen atoms in total. The van der Waals surface area contributed by atoms with Crippen LogP contribution in [0.1, 0.15) is 28.3 Å². The molecule has 22 heavy (non-hydrogen) atoms. The van der Waals surface area contributed by atoms with E-state index in [0.29, 0.717) is 0 Å². The number of allylic oxidation sites excluding steroid dienone is 2. The number of anilines is 1. The third-order valence-electron chi connectivity index (χ3n) is 4.26. The van der Waals surface area contributed by atoms with Gasteiger partial charge in [0.05, 0.1) is 6.04 Å². The van der Waals surface area contributed by atoms with Gasteiger partial charge in [0.2, 0.25) is 0 Å². The smallest absolute Gasteiger partial charge is 0.0793 e. The number of likely N-dealkylation sites (N-methyl/N-ethyl adjacent to an activating group) is 1. The summed E-state index contributed by atoms with van der Waals surface area (Å²) in [6.07, 6.45) is 6.44. The Bertz CT molecular complexity index is 756. The molecule has 3 rings (SSSR count). The van der Waals surface area contributed by atoms with E-state index in [1.54, 1.807) is 0 Å². The third kappa shape index (κ3) is 2.64. The van der Waals surface area contributed by atoms with Crippen LogP contribution in [0, 0.1) is 13.8 Å². The first kappa shape index (κ1) is 14.5. The highest BCUT2D eigenvalue weighted by molar-refractivity contribution is 5.75. The number of aryl methyl sites for hydroxylation is 2. The fraction of sp³-hybridized carbons (Fsp3) is 0.200. The third-order valence-corrected chi connectivity index (χ3v) is 4.26. The van der Waals surface area contributed by atoms with Crippen molar-refractivity contribution in [1.82, 2.24) is 4.90 Å². The summed E-state index contributed by atoms with van der Waals surface area (Å²) in [5, 5.41) is 0. The van der Waals surface area contributed by atoms with E-state index in [2.05, 4.69) is 80.5 Å². The zero-order chi connectivity index (χ0) is 15.7. The number of nitrogens with two attached hydrogens (primary N) is 1. The molecule has 0 amide bonds. The van der Waals surface area contributed by atoms with Crippen molar-refractivity contribution in [2.24, 2.45) is 0 Å². The number of hydrogen-bond acceptors (Lipinski definition) is 2. The van der Waals surface area contributed by atoms with Crippen molar-refractivity contribution in [2.45, 2.75) is 19.9 Å². The Labute approximate surface area is 132 Å². The van der Waals surface area contributed by atoms with Crippen LogP contribution in [0.25, 0.3) is 5.57 Å². The van der Waals surface area contributed by atoms with Gasteiger partial charge in [-0.25, -0.2) is 0 Å². The Kier molecular flexibility index (Phi) is 3.76. The Morgan fingerprint density at radius 3 is 2.59 bits per heavy atom. The molecule has 1 heterocycles. The quantitative estimate of drug-likeness (QED) is 0.827. The molecule has 1 aliphatic rings. The predicted molar refractivity (Wildman–Crippen MR) is 94.4 cm³/mol. The second-order valence-electron chi connectivity index (χ2n) is 6.02.